The molecule has 0 aliphatic heterocycles. The van der Waals surface area contributed by atoms with Gasteiger partial charge in [-0.25, -0.2) is 0 Å². The molecule has 8 nitrogen and oxygen atoms in total. The summed E-state index contributed by atoms with van der Waals surface area (Å²) in [6.07, 6.45) is 24.3. The Morgan fingerprint density at radius 2 is 1.32 bits per heavy atom. The van der Waals surface area contributed by atoms with Crippen LogP contribution in [0.25, 0.3) is 0 Å². The van der Waals surface area contributed by atoms with Crippen molar-refractivity contribution in [2.24, 2.45) is 0 Å². The van der Waals surface area contributed by atoms with E-state index >= 15 is 0 Å². The van der Waals surface area contributed by atoms with Gasteiger partial charge in [0.05, 0.1) is 39.9 Å². The minimum Gasteiger partial charge on any atom is -0.756 e. The molecule has 1 amide bonds. The van der Waals surface area contributed by atoms with Gasteiger partial charge in [-0.05, 0) is 19.3 Å². The maximum atomic E-state index is 12.5. The molecule has 41 heavy (non-hydrogen) atoms. The number of aliphatic hydroxyl groups is 1. The van der Waals surface area contributed by atoms with Crippen LogP contribution in [0.1, 0.15) is 136 Å². The van der Waals surface area contributed by atoms with E-state index in [0.717, 1.165) is 51.4 Å². The van der Waals surface area contributed by atoms with E-state index < -0.39 is 20.0 Å². The molecule has 2 N–H and O–H groups in total. The minimum absolute atomic E-state index is 0.000563. The highest BCUT2D eigenvalue weighted by Gasteiger charge is 2.23. The normalized spacial score (nSPS) is 15.2. The molecule has 0 aromatic carbocycles. The predicted molar refractivity (Wildman–Crippen MR) is 169 cm³/mol. The smallest absolute Gasteiger partial charge is 0.268 e. The van der Waals surface area contributed by atoms with Gasteiger partial charge < -0.3 is 28.8 Å². The van der Waals surface area contributed by atoms with Crippen LogP contribution < -0.4 is 10.2 Å². The number of allylic oxidation sites excluding steroid dienone is 1. The molecule has 0 aliphatic carbocycles. The van der Waals surface area contributed by atoms with E-state index in [1.807, 2.05) is 27.2 Å². The van der Waals surface area contributed by atoms with Crippen molar-refractivity contribution in [3.63, 3.8) is 0 Å². The molecular formula is C32H65N2O6P. The fraction of sp³-hybridized carbons (Fsp3) is 0.906. The fourth-order valence-corrected chi connectivity index (χ4v) is 5.22. The molecule has 0 spiro atoms. The van der Waals surface area contributed by atoms with Crippen molar-refractivity contribution in [3.05, 3.63) is 12.2 Å². The zero-order chi connectivity index (χ0) is 30.8. The number of phosphoric ester groups is 1. The van der Waals surface area contributed by atoms with Crippen molar-refractivity contribution in [2.75, 3.05) is 40.9 Å². The number of nitrogens with one attached hydrogen (secondary N) is 1. The summed E-state index contributed by atoms with van der Waals surface area (Å²) in [4.78, 5) is 24.8. The molecule has 0 saturated carbocycles. The molecule has 3 unspecified atom stereocenters. The number of rotatable bonds is 29. The number of aliphatic hydroxyl groups excluding tert-OH is 1. The Kier molecular flexibility index (Phi) is 25.2. The highest BCUT2D eigenvalue weighted by molar-refractivity contribution is 7.45. The largest absolute Gasteiger partial charge is 0.756 e. The lowest BCUT2D eigenvalue weighted by Crippen LogP contribution is -2.45. The standard InChI is InChI=1S/C32H65N2O6P/c1-6-8-10-12-13-14-15-16-17-18-19-20-22-23-25-31(35)30(33-32(36)26-24-21-11-9-7-2)29-40-41(37,38)39-28-27-34(3,4)5/h23,25,30-31,35H,6-22,24,26-29H2,1-5H3,(H-,33,36,37,38)/b25-23+. The van der Waals surface area contributed by atoms with Crippen LogP contribution in [0.15, 0.2) is 12.2 Å². The molecule has 0 saturated heterocycles. The van der Waals surface area contributed by atoms with E-state index in [1.165, 1.54) is 64.2 Å². The molecule has 0 aliphatic rings. The third kappa shape index (κ3) is 27.8. The van der Waals surface area contributed by atoms with Gasteiger partial charge in [0.15, 0.2) is 0 Å². The summed E-state index contributed by atoms with van der Waals surface area (Å²) in [6.45, 7) is 4.52. The fourth-order valence-electron chi connectivity index (χ4n) is 4.50. The topological polar surface area (TPSA) is 108 Å². The summed E-state index contributed by atoms with van der Waals surface area (Å²) < 4.78 is 22.9. The molecule has 0 aromatic heterocycles. The molecule has 0 radical (unpaired) electrons. The first-order chi connectivity index (χ1) is 19.5. The monoisotopic (exact) mass is 604 g/mol. The van der Waals surface area contributed by atoms with Crippen LogP contribution in [0, 0.1) is 0 Å². The lowest BCUT2D eigenvalue weighted by Gasteiger charge is -2.29. The third-order valence-electron chi connectivity index (χ3n) is 7.25. The summed E-state index contributed by atoms with van der Waals surface area (Å²) in [6, 6.07) is -0.874. The maximum absolute atomic E-state index is 12.5. The third-order valence-corrected chi connectivity index (χ3v) is 8.21. The number of carbonyl (C=O) groups excluding carboxylic acids is 1. The van der Waals surface area contributed by atoms with E-state index in [0.29, 0.717) is 17.4 Å². The molecule has 9 heteroatoms. The number of hydrogen-bond acceptors (Lipinski definition) is 6. The SMILES string of the molecule is CCCCCCCCCCCCCC/C=C/C(O)C(COP(=O)([O-])OCC[N+](C)(C)C)NC(=O)CCCCCCC. The number of amides is 1. The van der Waals surface area contributed by atoms with Gasteiger partial charge in [0.1, 0.15) is 13.2 Å². The van der Waals surface area contributed by atoms with Crippen LogP contribution in [0.5, 0.6) is 0 Å². The van der Waals surface area contributed by atoms with Gasteiger partial charge in [-0.3, -0.25) is 9.36 Å². The molecule has 0 bridgehead atoms. The second-order valence-electron chi connectivity index (χ2n) is 12.5. The highest BCUT2D eigenvalue weighted by atomic mass is 31.2. The molecule has 0 heterocycles. The second-order valence-corrected chi connectivity index (χ2v) is 13.9. The van der Waals surface area contributed by atoms with Crippen molar-refractivity contribution in [1.29, 1.82) is 0 Å². The zero-order valence-electron chi connectivity index (χ0n) is 27.2. The number of hydrogen-bond donors (Lipinski definition) is 2. The van der Waals surface area contributed by atoms with E-state index in [9.17, 15) is 19.4 Å². The quantitative estimate of drug-likeness (QED) is 0.0410. The summed E-state index contributed by atoms with van der Waals surface area (Å²) in [5.74, 6) is -0.213. The Hall–Kier alpha value is -0.760. The number of carbonyl (C=O) groups is 1. The van der Waals surface area contributed by atoms with Crippen LogP contribution >= 0.6 is 7.82 Å². The number of likely N-dealkylation sites (N-methyl/N-ethyl adjacent to an activating group) is 1. The van der Waals surface area contributed by atoms with E-state index in [4.69, 9.17) is 9.05 Å². The summed E-state index contributed by atoms with van der Waals surface area (Å²) in [5, 5.41) is 13.5. The molecule has 244 valence electrons. The van der Waals surface area contributed by atoms with Crippen LogP contribution in [-0.4, -0.2) is 68.5 Å². The van der Waals surface area contributed by atoms with Gasteiger partial charge in [-0.15, -0.1) is 0 Å². The van der Waals surface area contributed by atoms with Crippen LogP contribution in [0.4, 0.5) is 0 Å². The van der Waals surface area contributed by atoms with Crippen LogP contribution in [0.2, 0.25) is 0 Å². The lowest BCUT2D eigenvalue weighted by atomic mass is 10.0. The summed E-state index contributed by atoms with van der Waals surface area (Å²) in [5.41, 5.74) is 0. The van der Waals surface area contributed by atoms with E-state index in [2.05, 4.69) is 19.2 Å². The van der Waals surface area contributed by atoms with Gasteiger partial charge in [-0.2, -0.15) is 0 Å². The Morgan fingerprint density at radius 3 is 1.83 bits per heavy atom. The maximum Gasteiger partial charge on any atom is 0.268 e. The Morgan fingerprint density at radius 1 is 0.829 bits per heavy atom. The van der Waals surface area contributed by atoms with Crippen molar-refractivity contribution >= 4 is 13.7 Å². The molecule has 0 aromatic rings. The Labute approximate surface area is 252 Å². The van der Waals surface area contributed by atoms with E-state index in [1.54, 1.807) is 6.08 Å². The molecule has 0 fully saturated rings. The first kappa shape index (κ1) is 40.2. The van der Waals surface area contributed by atoms with Crippen molar-refractivity contribution in [1.82, 2.24) is 5.32 Å². The molecular weight excluding hydrogens is 539 g/mol. The number of unbranched alkanes of at least 4 members (excludes halogenated alkanes) is 16. The Balaban J connectivity index is 4.51. The van der Waals surface area contributed by atoms with Crippen LogP contribution in [-0.2, 0) is 18.4 Å². The molecule has 3 atom stereocenters. The molecule has 0 rings (SSSR count). The zero-order valence-corrected chi connectivity index (χ0v) is 28.1. The van der Waals surface area contributed by atoms with E-state index in [-0.39, 0.29) is 19.1 Å². The van der Waals surface area contributed by atoms with Crippen molar-refractivity contribution in [2.45, 2.75) is 148 Å². The average molecular weight is 605 g/mol. The van der Waals surface area contributed by atoms with Crippen molar-refractivity contribution < 1.29 is 32.9 Å². The Bertz CT molecular complexity index is 698. The number of nitrogens with zero attached hydrogens (tertiary/aromatic N) is 1. The van der Waals surface area contributed by atoms with Gasteiger partial charge in [0.2, 0.25) is 5.91 Å². The summed E-state index contributed by atoms with van der Waals surface area (Å²) >= 11 is 0. The summed E-state index contributed by atoms with van der Waals surface area (Å²) in [7, 11) is 1.26. The highest BCUT2D eigenvalue weighted by Crippen LogP contribution is 2.38. The van der Waals surface area contributed by atoms with Gasteiger partial charge in [0, 0.05) is 6.42 Å². The second kappa shape index (κ2) is 25.7. The van der Waals surface area contributed by atoms with Gasteiger partial charge >= 0.3 is 0 Å². The van der Waals surface area contributed by atoms with Gasteiger partial charge in [0.25, 0.3) is 7.82 Å². The lowest BCUT2D eigenvalue weighted by molar-refractivity contribution is -0.870. The predicted octanol–water partition coefficient (Wildman–Crippen LogP) is 7.05. The van der Waals surface area contributed by atoms with Crippen LogP contribution in [0.3, 0.4) is 0 Å². The number of quaternary nitrogens is 1. The van der Waals surface area contributed by atoms with Crippen molar-refractivity contribution in [3.8, 4) is 0 Å². The van der Waals surface area contributed by atoms with Gasteiger partial charge in [-0.1, -0.05) is 122 Å². The average Bonchev–Trinajstić information content (AvgIpc) is 2.90. The number of phosphoric acid groups is 1. The first-order valence-electron chi connectivity index (χ1n) is 16.6. The minimum atomic E-state index is -4.56. The first-order valence-corrected chi connectivity index (χ1v) is 18.0.